The Bertz CT molecular complexity index is 370. The van der Waals surface area contributed by atoms with Crippen molar-refractivity contribution < 1.29 is 9.90 Å². The lowest BCUT2D eigenvalue weighted by molar-refractivity contribution is 0.0922. The van der Waals surface area contributed by atoms with E-state index >= 15 is 0 Å². The molecule has 0 aromatic heterocycles. The van der Waals surface area contributed by atoms with Crippen LogP contribution in [0.5, 0.6) is 0 Å². The molecule has 82 valence electrons. The molecule has 0 aliphatic rings. The highest BCUT2D eigenvalue weighted by atomic mass is 79.9. The van der Waals surface area contributed by atoms with E-state index in [0.717, 1.165) is 4.47 Å². The fraction of sp³-hybridized carbons (Fsp3) is 0.300. The molecule has 0 bridgehead atoms. The molecular formula is C10H11BrClNO2. The summed E-state index contributed by atoms with van der Waals surface area (Å²) in [4.78, 5) is 11.6. The molecule has 0 spiro atoms. The number of hydrogen-bond donors (Lipinski definition) is 2. The van der Waals surface area contributed by atoms with Gasteiger partial charge in [-0.3, -0.25) is 4.79 Å². The maximum absolute atomic E-state index is 11.6. The van der Waals surface area contributed by atoms with Gasteiger partial charge in [0.15, 0.2) is 0 Å². The Morgan fingerprint density at radius 1 is 1.67 bits per heavy atom. The maximum Gasteiger partial charge on any atom is 0.253 e. The zero-order valence-electron chi connectivity index (χ0n) is 8.13. The third kappa shape index (κ3) is 3.48. The van der Waals surface area contributed by atoms with E-state index < -0.39 is 0 Å². The van der Waals surface area contributed by atoms with Gasteiger partial charge in [-0.2, -0.15) is 0 Å². The molecule has 1 atom stereocenters. The molecule has 0 fully saturated rings. The lowest BCUT2D eigenvalue weighted by Crippen LogP contribution is -2.35. The van der Waals surface area contributed by atoms with Crippen molar-refractivity contribution in [3.63, 3.8) is 0 Å². The van der Waals surface area contributed by atoms with Crippen LogP contribution < -0.4 is 5.32 Å². The van der Waals surface area contributed by atoms with Gasteiger partial charge in [0, 0.05) is 10.5 Å². The molecule has 0 saturated heterocycles. The number of benzene rings is 1. The molecule has 1 aromatic rings. The molecule has 15 heavy (non-hydrogen) atoms. The first-order valence-electron chi connectivity index (χ1n) is 4.41. The molecule has 0 unspecified atom stereocenters. The van der Waals surface area contributed by atoms with Crippen molar-refractivity contribution in [3.8, 4) is 0 Å². The molecule has 5 heteroatoms. The van der Waals surface area contributed by atoms with E-state index in [0.29, 0.717) is 10.6 Å². The Balaban J connectivity index is 2.82. The summed E-state index contributed by atoms with van der Waals surface area (Å²) in [6, 6.07) is 4.74. The molecule has 0 radical (unpaired) electrons. The Morgan fingerprint density at radius 3 is 2.87 bits per heavy atom. The number of carbonyl (C=O) groups is 1. The summed E-state index contributed by atoms with van der Waals surface area (Å²) in [5.41, 5.74) is 0.403. The van der Waals surface area contributed by atoms with Gasteiger partial charge < -0.3 is 10.4 Å². The normalized spacial score (nSPS) is 12.3. The minimum atomic E-state index is -0.283. The average molecular weight is 293 g/mol. The smallest absolute Gasteiger partial charge is 0.253 e. The van der Waals surface area contributed by atoms with E-state index in [1.165, 1.54) is 0 Å². The first kappa shape index (κ1) is 12.5. The Kier molecular flexibility index (Phi) is 4.57. The van der Waals surface area contributed by atoms with Crippen molar-refractivity contribution in [2.45, 2.75) is 13.0 Å². The summed E-state index contributed by atoms with van der Waals surface area (Å²) in [5, 5.41) is 11.8. The molecule has 0 aliphatic heterocycles. The van der Waals surface area contributed by atoms with Crippen molar-refractivity contribution in [2.24, 2.45) is 0 Å². The summed E-state index contributed by atoms with van der Waals surface area (Å²) < 4.78 is 0.819. The molecule has 0 saturated carbocycles. The second kappa shape index (κ2) is 5.49. The van der Waals surface area contributed by atoms with E-state index in [4.69, 9.17) is 16.7 Å². The Labute approximate surface area is 102 Å². The lowest BCUT2D eigenvalue weighted by Gasteiger charge is -2.11. The van der Waals surface area contributed by atoms with E-state index in [-0.39, 0.29) is 18.6 Å². The summed E-state index contributed by atoms with van der Waals surface area (Å²) in [7, 11) is 0. The molecule has 3 nitrogen and oxygen atoms in total. The molecule has 1 aromatic carbocycles. The summed E-state index contributed by atoms with van der Waals surface area (Å²) >= 11 is 9.15. The Hall–Kier alpha value is -0.580. The van der Waals surface area contributed by atoms with Gasteiger partial charge in [-0.1, -0.05) is 27.5 Å². The van der Waals surface area contributed by atoms with E-state index in [1.54, 1.807) is 25.1 Å². The zero-order chi connectivity index (χ0) is 11.4. The molecular weight excluding hydrogens is 281 g/mol. The standard InChI is InChI=1S/C10H11BrClNO2/c1-6(5-14)13-10(15)8-3-2-7(11)4-9(8)12/h2-4,6,14H,5H2,1H3,(H,13,15)/t6-/m0/s1. The van der Waals surface area contributed by atoms with Crippen LogP contribution in [0.4, 0.5) is 0 Å². The van der Waals surface area contributed by atoms with Gasteiger partial charge in [-0.15, -0.1) is 0 Å². The largest absolute Gasteiger partial charge is 0.394 e. The quantitative estimate of drug-likeness (QED) is 0.897. The van der Waals surface area contributed by atoms with Crippen LogP contribution in [-0.4, -0.2) is 23.7 Å². The number of aliphatic hydroxyl groups is 1. The minimum Gasteiger partial charge on any atom is -0.394 e. The lowest BCUT2D eigenvalue weighted by atomic mass is 10.2. The summed E-state index contributed by atoms with van der Waals surface area (Å²) in [6.07, 6.45) is 0. The van der Waals surface area contributed by atoms with Gasteiger partial charge in [-0.05, 0) is 25.1 Å². The molecule has 1 rings (SSSR count). The van der Waals surface area contributed by atoms with Crippen LogP contribution in [0, 0.1) is 0 Å². The predicted molar refractivity (Wildman–Crippen MR) is 63.2 cm³/mol. The van der Waals surface area contributed by atoms with Crippen LogP contribution in [0.1, 0.15) is 17.3 Å². The van der Waals surface area contributed by atoms with Crippen molar-refractivity contribution >= 4 is 33.4 Å². The fourth-order valence-electron chi connectivity index (χ4n) is 1.02. The number of aliphatic hydroxyl groups excluding tert-OH is 1. The van der Waals surface area contributed by atoms with Crippen LogP contribution in [0.3, 0.4) is 0 Å². The van der Waals surface area contributed by atoms with Crippen LogP contribution in [0.15, 0.2) is 22.7 Å². The van der Waals surface area contributed by atoms with Gasteiger partial charge in [0.25, 0.3) is 5.91 Å². The topological polar surface area (TPSA) is 49.3 Å². The van der Waals surface area contributed by atoms with E-state index in [2.05, 4.69) is 21.2 Å². The first-order valence-corrected chi connectivity index (χ1v) is 5.58. The third-order valence-corrected chi connectivity index (χ3v) is 2.63. The van der Waals surface area contributed by atoms with Gasteiger partial charge in [-0.25, -0.2) is 0 Å². The van der Waals surface area contributed by atoms with Gasteiger partial charge in [0.2, 0.25) is 0 Å². The molecule has 1 amide bonds. The summed E-state index contributed by atoms with van der Waals surface area (Å²) in [6.45, 7) is 1.62. The van der Waals surface area contributed by atoms with Crippen molar-refractivity contribution in [3.05, 3.63) is 33.3 Å². The second-order valence-electron chi connectivity index (χ2n) is 3.18. The minimum absolute atomic E-state index is 0.0973. The SMILES string of the molecule is C[C@@H](CO)NC(=O)c1ccc(Br)cc1Cl. The number of rotatable bonds is 3. The highest BCUT2D eigenvalue weighted by molar-refractivity contribution is 9.10. The number of hydrogen-bond acceptors (Lipinski definition) is 2. The molecule has 0 heterocycles. The highest BCUT2D eigenvalue weighted by Gasteiger charge is 2.12. The second-order valence-corrected chi connectivity index (χ2v) is 4.50. The van der Waals surface area contributed by atoms with Gasteiger partial charge >= 0.3 is 0 Å². The number of amides is 1. The number of carbonyl (C=O) groups excluding carboxylic acids is 1. The number of nitrogens with one attached hydrogen (secondary N) is 1. The summed E-state index contributed by atoms with van der Waals surface area (Å²) in [5.74, 6) is -0.283. The highest BCUT2D eigenvalue weighted by Crippen LogP contribution is 2.21. The Morgan fingerprint density at radius 2 is 2.33 bits per heavy atom. The zero-order valence-corrected chi connectivity index (χ0v) is 10.5. The van der Waals surface area contributed by atoms with Crippen LogP contribution in [0.25, 0.3) is 0 Å². The number of halogens is 2. The average Bonchev–Trinajstić information content (AvgIpc) is 2.17. The van der Waals surface area contributed by atoms with Crippen molar-refractivity contribution in [1.82, 2.24) is 5.32 Å². The van der Waals surface area contributed by atoms with Gasteiger partial charge in [0.1, 0.15) is 0 Å². The van der Waals surface area contributed by atoms with Crippen molar-refractivity contribution in [1.29, 1.82) is 0 Å². The van der Waals surface area contributed by atoms with Crippen LogP contribution in [-0.2, 0) is 0 Å². The third-order valence-electron chi connectivity index (χ3n) is 1.83. The van der Waals surface area contributed by atoms with Gasteiger partial charge in [0.05, 0.1) is 17.2 Å². The molecule has 2 N–H and O–H groups in total. The predicted octanol–water partition coefficient (Wildman–Crippen LogP) is 2.21. The van der Waals surface area contributed by atoms with E-state index in [1.807, 2.05) is 0 Å². The molecule has 0 aliphatic carbocycles. The van der Waals surface area contributed by atoms with Crippen molar-refractivity contribution in [2.75, 3.05) is 6.61 Å². The first-order chi connectivity index (χ1) is 7.04. The fourth-order valence-corrected chi connectivity index (χ4v) is 1.78. The maximum atomic E-state index is 11.6. The van der Waals surface area contributed by atoms with Crippen LogP contribution >= 0.6 is 27.5 Å². The van der Waals surface area contributed by atoms with Crippen LogP contribution in [0.2, 0.25) is 5.02 Å². The monoisotopic (exact) mass is 291 g/mol. The van der Waals surface area contributed by atoms with E-state index in [9.17, 15) is 4.79 Å².